The van der Waals surface area contributed by atoms with Crippen LogP contribution in [0.4, 0.5) is 0 Å². The molecule has 3 nitrogen and oxygen atoms in total. The summed E-state index contributed by atoms with van der Waals surface area (Å²) in [5.41, 5.74) is 7.78. The fourth-order valence-corrected chi connectivity index (χ4v) is 8.05. The van der Waals surface area contributed by atoms with Crippen molar-refractivity contribution in [1.29, 1.82) is 0 Å². The van der Waals surface area contributed by atoms with Gasteiger partial charge >= 0.3 is 0 Å². The third kappa shape index (κ3) is 2.89. The summed E-state index contributed by atoms with van der Waals surface area (Å²) in [6.07, 6.45) is 0. The third-order valence-electron chi connectivity index (χ3n) is 8.75. The van der Waals surface area contributed by atoms with Crippen molar-refractivity contribution >= 4 is 91.7 Å². The Bertz CT molecular complexity index is 2750. The maximum Gasteiger partial charge on any atom is 0.147 e. The molecule has 0 N–H and O–H groups in total. The van der Waals surface area contributed by atoms with E-state index in [0.717, 1.165) is 32.5 Å². The second-order valence-corrected chi connectivity index (χ2v) is 12.0. The fourth-order valence-electron chi connectivity index (χ4n) is 6.96. The first-order chi connectivity index (χ1) is 20.8. The first-order valence-electron chi connectivity index (χ1n) is 14.2. The van der Waals surface area contributed by atoms with Crippen LogP contribution in [-0.4, -0.2) is 14.4 Å². The van der Waals surface area contributed by atoms with Gasteiger partial charge in [0.05, 0.1) is 22.1 Å². The second kappa shape index (κ2) is 8.12. The number of thiophene rings is 1. The van der Waals surface area contributed by atoms with Crippen molar-refractivity contribution in [2.24, 2.45) is 0 Å². The molecule has 0 fully saturated rings. The molecule has 0 unspecified atom stereocenters. The Morgan fingerprint density at radius 1 is 0.500 bits per heavy atom. The van der Waals surface area contributed by atoms with Gasteiger partial charge in [-0.1, -0.05) is 91.0 Å². The van der Waals surface area contributed by atoms with Gasteiger partial charge in [0.25, 0.3) is 0 Å². The number of hydrogen-bond acceptors (Lipinski definition) is 3. The van der Waals surface area contributed by atoms with Crippen LogP contribution in [0.3, 0.4) is 0 Å². The van der Waals surface area contributed by atoms with Crippen molar-refractivity contribution in [3.63, 3.8) is 0 Å². The molecule has 10 rings (SSSR count). The Hall–Kier alpha value is -5.32. The number of imidazole rings is 1. The molecule has 0 spiro atoms. The summed E-state index contributed by atoms with van der Waals surface area (Å²) < 4.78 is 3.62. The molecule has 6 aromatic carbocycles. The highest BCUT2D eigenvalue weighted by molar-refractivity contribution is 7.25. The van der Waals surface area contributed by atoms with Gasteiger partial charge in [0.15, 0.2) is 0 Å². The van der Waals surface area contributed by atoms with E-state index in [0.29, 0.717) is 0 Å². The van der Waals surface area contributed by atoms with Gasteiger partial charge in [-0.3, -0.25) is 4.40 Å². The van der Waals surface area contributed by atoms with E-state index in [9.17, 15) is 0 Å². The normalized spacial score (nSPS) is 12.3. The van der Waals surface area contributed by atoms with Crippen LogP contribution in [0.15, 0.2) is 127 Å². The number of para-hydroxylation sites is 3. The summed E-state index contributed by atoms with van der Waals surface area (Å²) in [5.74, 6) is 0. The van der Waals surface area contributed by atoms with Gasteiger partial charge in [-0.15, -0.1) is 11.3 Å². The zero-order valence-corrected chi connectivity index (χ0v) is 23.2. The van der Waals surface area contributed by atoms with E-state index in [4.69, 9.17) is 9.97 Å². The van der Waals surface area contributed by atoms with Crippen molar-refractivity contribution in [3.05, 3.63) is 127 Å². The van der Waals surface area contributed by atoms with Crippen LogP contribution < -0.4 is 0 Å². The van der Waals surface area contributed by atoms with Crippen molar-refractivity contribution in [2.45, 2.75) is 0 Å². The molecule has 0 radical (unpaired) electrons. The first-order valence-corrected chi connectivity index (χ1v) is 15.0. The van der Waals surface area contributed by atoms with Gasteiger partial charge < -0.3 is 0 Å². The fraction of sp³-hybridized carbons (Fsp3) is 0. The van der Waals surface area contributed by atoms with Crippen LogP contribution in [0.25, 0.3) is 91.5 Å². The lowest BCUT2D eigenvalue weighted by Crippen LogP contribution is -1.94. The predicted octanol–water partition coefficient (Wildman–Crippen LogP) is 10.5. The molecule has 0 aliphatic rings. The molecule has 0 amide bonds. The summed E-state index contributed by atoms with van der Waals surface area (Å²) in [5, 5.41) is 9.76. The quantitative estimate of drug-likeness (QED) is 0.190. The van der Waals surface area contributed by atoms with E-state index in [1.54, 1.807) is 11.3 Å². The minimum atomic E-state index is 1.00. The van der Waals surface area contributed by atoms with Gasteiger partial charge in [0.2, 0.25) is 0 Å². The van der Waals surface area contributed by atoms with Gasteiger partial charge in [0, 0.05) is 37.2 Å². The zero-order chi connectivity index (χ0) is 27.4. The summed E-state index contributed by atoms with van der Waals surface area (Å²) in [7, 11) is 0. The van der Waals surface area contributed by atoms with Crippen molar-refractivity contribution < 1.29 is 0 Å². The second-order valence-electron chi connectivity index (χ2n) is 11.0. The molecule has 42 heavy (non-hydrogen) atoms. The molecule has 0 bridgehead atoms. The van der Waals surface area contributed by atoms with Crippen LogP contribution >= 0.6 is 11.3 Å². The summed E-state index contributed by atoms with van der Waals surface area (Å²) in [6, 6.07) is 45.9. The molecule has 10 aromatic rings. The lowest BCUT2D eigenvalue weighted by atomic mass is 9.93. The highest BCUT2D eigenvalue weighted by atomic mass is 32.1. The Morgan fingerprint density at radius 2 is 1.26 bits per heavy atom. The third-order valence-corrected chi connectivity index (χ3v) is 9.82. The van der Waals surface area contributed by atoms with Gasteiger partial charge in [-0.05, 0) is 58.1 Å². The largest absolute Gasteiger partial charge is 0.292 e. The summed E-state index contributed by atoms with van der Waals surface area (Å²) >= 11 is 1.77. The number of benzene rings is 6. The highest BCUT2D eigenvalue weighted by Crippen LogP contribution is 2.44. The molecule has 0 aliphatic heterocycles. The van der Waals surface area contributed by atoms with Gasteiger partial charge in [0.1, 0.15) is 10.5 Å². The van der Waals surface area contributed by atoms with Gasteiger partial charge in [-0.2, -0.15) is 0 Å². The monoisotopic (exact) mass is 551 g/mol. The summed E-state index contributed by atoms with van der Waals surface area (Å²) in [4.78, 5) is 11.4. The lowest BCUT2D eigenvalue weighted by molar-refractivity contribution is 1.32. The number of fused-ring (bicyclic) bond motifs is 14. The first kappa shape index (κ1) is 22.4. The molecular formula is C38H21N3S. The highest BCUT2D eigenvalue weighted by Gasteiger charge is 2.19. The van der Waals surface area contributed by atoms with E-state index in [2.05, 4.69) is 132 Å². The van der Waals surface area contributed by atoms with Crippen LogP contribution in [0.1, 0.15) is 0 Å². The SMILES string of the molecule is c1ccc2c(c1)ccc1c3cc(-c4c5ccccc5nc5sc6ccccc6c45)ccc3n3c4ccccc4nc3c21. The van der Waals surface area contributed by atoms with Crippen LogP contribution in [-0.2, 0) is 0 Å². The number of aromatic nitrogens is 3. The van der Waals surface area contributed by atoms with E-state index in [1.165, 1.54) is 58.9 Å². The van der Waals surface area contributed by atoms with Crippen LogP contribution in [0, 0.1) is 0 Å². The molecule has 0 saturated heterocycles. The Morgan fingerprint density at radius 3 is 2.19 bits per heavy atom. The van der Waals surface area contributed by atoms with Crippen LogP contribution in [0.5, 0.6) is 0 Å². The van der Waals surface area contributed by atoms with E-state index in [1.807, 2.05) is 0 Å². The number of pyridine rings is 2. The Balaban J connectivity index is 1.43. The molecule has 4 heterocycles. The molecule has 0 aliphatic carbocycles. The molecule has 4 aromatic heterocycles. The average Bonchev–Trinajstić information content (AvgIpc) is 3.62. The average molecular weight is 552 g/mol. The maximum atomic E-state index is 5.19. The topological polar surface area (TPSA) is 30.2 Å². The minimum absolute atomic E-state index is 1.00. The number of rotatable bonds is 1. The molecule has 0 atom stereocenters. The van der Waals surface area contributed by atoms with Crippen LogP contribution in [0.2, 0.25) is 0 Å². The van der Waals surface area contributed by atoms with Gasteiger partial charge in [-0.25, -0.2) is 9.97 Å². The standard InChI is InChI=1S/C38H21N3S/c1-2-10-24-22(9-1)17-19-25-28-21-23(18-20-31(28)41-32-15-7-6-14-30(32)39-37(41)35(24)25)34-26-11-3-5-13-29(26)40-38-36(34)27-12-4-8-16-33(27)42-38/h1-21H. The number of hydrogen-bond donors (Lipinski definition) is 0. The molecular weight excluding hydrogens is 531 g/mol. The molecule has 4 heteroatoms. The summed E-state index contributed by atoms with van der Waals surface area (Å²) in [6.45, 7) is 0. The zero-order valence-electron chi connectivity index (χ0n) is 22.4. The minimum Gasteiger partial charge on any atom is -0.292 e. The molecule has 194 valence electrons. The van der Waals surface area contributed by atoms with E-state index < -0.39 is 0 Å². The maximum absolute atomic E-state index is 5.19. The number of nitrogens with zero attached hydrogens (tertiary/aromatic N) is 3. The smallest absolute Gasteiger partial charge is 0.147 e. The predicted molar refractivity (Wildman–Crippen MR) is 179 cm³/mol. The van der Waals surface area contributed by atoms with Crippen molar-refractivity contribution in [3.8, 4) is 11.1 Å². The Kier molecular flexibility index (Phi) is 4.33. The lowest BCUT2D eigenvalue weighted by Gasteiger charge is -2.14. The molecule has 0 saturated carbocycles. The van der Waals surface area contributed by atoms with E-state index in [-0.39, 0.29) is 0 Å². The van der Waals surface area contributed by atoms with E-state index >= 15 is 0 Å². The van der Waals surface area contributed by atoms with Crippen molar-refractivity contribution in [1.82, 2.24) is 14.4 Å². The Labute approximate surface area is 243 Å². The van der Waals surface area contributed by atoms with Crippen molar-refractivity contribution in [2.75, 3.05) is 0 Å².